The molecule has 1 aromatic rings. The Morgan fingerprint density at radius 3 is 2.76 bits per heavy atom. The van der Waals surface area contributed by atoms with E-state index in [9.17, 15) is 4.79 Å². The minimum absolute atomic E-state index is 0.0261. The molecule has 1 aliphatic heterocycles. The molecule has 0 aromatic carbocycles. The van der Waals surface area contributed by atoms with Crippen LogP contribution in [0.1, 0.15) is 30.8 Å². The van der Waals surface area contributed by atoms with E-state index >= 15 is 0 Å². The maximum atomic E-state index is 12.0. The fourth-order valence-electron chi connectivity index (χ4n) is 2.33. The Labute approximate surface area is 102 Å². The standard InChI is InChI=1S/C13H20N2O2/c1-3-11(2)14-6-8-15(9-7-14)13(16)12-5-4-10-17-12/h4-5,10-11H,3,6-9H2,1-2H3/p+1/t11-/m0/s1. The summed E-state index contributed by atoms with van der Waals surface area (Å²) in [5.41, 5.74) is 0. The SMILES string of the molecule is CC[C@H](C)[NH+]1CCN(C(=O)c2ccco2)CC1. The molecule has 1 amide bonds. The van der Waals surface area contributed by atoms with Crippen LogP contribution in [0.25, 0.3) is 0 Å². The van der Waals surface area contributed by atoms with Crippen molar-refractivity contribution in [1.29, 1.82) is 0 Å². The maximum absolute atomic E-state index is 12.0. The highest BCUT2D eigenvalue weighted by Gasteiger charge is 2.27. The van der Waals surface area contributed by atoms with Crippen LogP contribution in [-0.4, -0.2) is 43.0 Å². The number of hydrogen-bond donors (Lipinski definition) is 1. The Hall–Kier alpha value is -1.29. The number of piperazine rings is 1. The Morgan fingerprint density at radius 2 is 2.24 bits per heavy atom. The van der Waals surface area contributed by atoms with Crippen molar-refractivity contribution in [2.75, 3.05) is 26.2 Å². The fraction of sp³-hybridized carbons (Fsp3) is 0.615. The van der Waals surface area contributed by atoms with Crippen molar-refractivity contribution in [3.05, 3.63) is 24.2 Å². The molecule has 1 atom stereocenters. The van der Waals surface area contributed by atoms with Gasteiger partial charge in [-0.1, -0.05) is 6.92 Å². The van der Waals surface area contributed by atoms with Crippen LogP contribution in [-0.2, 0) is 0 Å². The van der Waals surface area contributed by atoms with E-state index < -0.39 is 0 Å². The molecule has 4 nitrogen and oxygen atoms in total. The number of quaternary nitrogens is 1. The summed E-state index contributed by atoms with van der Waals surface area (Å²) in [7, 11) is 0. The molecule has 1 N–H and O–H groups in total. The van der Waals surface area contributed by atoms with Gasteiger partial charge in [-0.25, -0.2) is 0 Å². The Morgan fingerprint density at radius 1 is 1.53 bits per heavy atom. The van der Waals surface area contributed by atoms with Crippen LogP contribution in [0.5, 0.6) is 0 Å². The van der Waals surface area contributed by atoms with E-state index in [4.69, 9.17) is 4.42 Å². The largest absolute Gasteiger partial charge is 0.459 e. The highest BCUT2D eigenvalue weighted by Crippen LogP contribution is 2.05. The minimum Gasteiger partial charge on any atom is -0.459 e. The molecule has 2 rings (SSSR count). The first-order valence-corrected chi connectivity index (χ1v) is 6.39. The smallest absolute Gasteiger partial charge is 0.289 e. The molecule has 94 valence electrons. The minimum atomic E-state index is 0.0261. The summed E-state index contributed by atoms with van der Waals surface area (Å²) in [6.45, 7) is 8.25. The van der Waals surface area contributed by atoms with E-state index in [-0.39, 0.29) is 5.91 Å². The normalized spacial score (nSPS) is 19.3. The van der Waals surface area contributed by atoms with Crippen molar-refractivity contribution in [2.45, 2.75) is 26.3 Å². The molecule has 0 saturated carbocycles. The van der Waals surface area contributed by atoms with Crippen molar-refractivity contribution >= 4 is 5.91 Å². The summed E-state index contributed by atoms with van der Waals surface area (Å²) in [6.07, 6.45) is 2.75. The summed E-state index contributed by atoms with van der Waals surface area (Å²) in [5.74, 6) is 0.482. The second-order valence-electron chi connectivity index (χ2n) is 4.74. The van der Waals surface area contributed by atoms with Crippen molar-refractivity contribution in [2.24, 2.45) is 0 Å². The zero-order valence-electron chi connectivity index (χ0n) is 10.6. The van der Waals surface area contributed by atoms with E-state index in [1.807, 2.05) is 4.90 Å². The van der Waals surface area contributed by atoms with Gasteiger partial charge in [-0.05, 0) is 25.5 Å². The lowest BCUT2D eigenvalue weighted by Gasteiger charge is -2.34. The van der Waals surface area contributed by atoms with Crippen LogP contribution in [0.2, 0.25) is 0 Å². The third-order valence-corrected chi connectivity index (χ3v) is 3.73. The molecular weight excluding hydrogens is 216 g/mol. The zero-order valence-corrected chi connectivity index (χ0v) is 10.6. The Kier molecular flexibility index (Phi) is 3.84. The molecule has 0 radical (unpaired) electrons. The molecule has 0 aliphatic carbocycles. The topological polar surface area (TPSA) is 37.9 Å². The summed E-state index contributed by atoms with van der Waals surface area (Å²) >= 11 is 0. The van der Waals surface area contributed by atoms with Crippen LogP contribution in [0.15, 0.2) is 22.8 Å². The molecule has 1 fully saturated rings. The number of nitrogens with zero attached hydrogens (tertiary/aromatic N) is 1. The highest BCUT2D eigenvalue weighted by molar-refractivity contribution is 5.91. The quantitative estimate of drug-likeness (QED) is 0.827. The summed E-state index contributed by atoms with van der Waals surface area (Å²) in [6, 6.07) is 4.18. The number of rotatable bonds is 3. The van der Waals surface area contributed by atoms with Crippen LogP contribution >= 0.6 is 0 Å². The summed E-state index contributed by atoms with van der Waals surface area (Å²) < 4.78 is 5.15. The summed E-state index contributed by atoms with van der Waals surface area (Å²) in [5, 5.41) is 0. The fourth-order valence-corrected chi connectivity index (χ4v) is 2.33. The lowest BCUT2D eigenvalue weighted by molar-refractivity contribution is -0.927. The first-order valence-electron chi connectivity index (χ1n) is 6.39. The number of hydrogen-bond acceptors (Lipinski definition) is 2. The second kappa shape index (κ2) is 5.36. The molecule has 1 aliphatic rings. The summed E-state index contributed by atoms with van der Waals surface area (Å²) in [4.78, 5) is 15.5. The maximum Gasteiger partial charge on any atom is 0.289 e. The molecule has 17 heavy (non-hydrogen) atoms. The lowest BCUT2D eigenvalue weighted by atomic mass is 10.2. The Bertz CT molecular complexity index is 354. The van der Waals surface area contributed by atoms with Gasteiger partial charge in [0, 0.05) is 0 Å². The first kappa shape index (κ1) is 12.2. The number of carbonyl (C=O) groups is 1. The van der Waals surface area contributed by atoms with Gasteiger partial charge in [0.15, 0.2) is 5.76 Å². The number of furan rings is 1. The number of carbonyl (C=O) groups excluding carboxylic acids is 1. The lowest BCUT2D eigenvalue weighted by Crippen LogP contribution is -3.17. The van der Waals surface area contributed by atoms with Gasteiger partial charge < -0.3 is 14.2 Å². The average Bonchev–Trinajstić information content (AvgIpc) is 2.91. The van der Waals surface area contributed by atoms with Crippen molar-refractivity contribution in [3.8, 4) is 0 Å². The van der Waals surface area contributed by atoms with Gasteiger partial charge in [-0.15, -0.1) is 0 Å². The van der Waals surface area contributed by atoms with Gasteiger partial charge in [-0.3, -0.25) is 4.79 Å². The van der Waals surface area contributed by atoms with Gasteiger partial charge in [0.05, 0.1) is 38.5 Å². The van der Waals surface area contributed by atoms with Gasteiger partial charge >= 0.3 is 0 Å². The van der Waals surface area contributed by atoms with Gasteiger partial charge in [0.25, 0.3) is 5.91 Å². The Balaban J connectivity index is 1.89. The molecule has 1 aromatic heterocycles. The third-order valence-electron chi connectivity index (χ3n) is 3.73. The molecule has 1 saturated heterocycles. The molecular formula is C13H21N2O2+. The van der Waals surface area contributed by atoms with Gasteiger partial charge in [0.1, 0.15) is 0 Å². The second-order valence-corrected chi connectivity index (χ2v) is 4.74. The van der Waals surface area contributed by atoms with E-state index in [2.05, 4.69) is 13.8 Å². The monoisotopic (exact) mass is 237 g/mol. The van der Waals surface area contributed by atoms with E-state index in [1.54, 1.807) is 23.3 Å². The highest BCUT2D eigenvalue weighted by atomic mass is 16.3. The number of amides is 1. The molecule has 2 heterocycles. The third kappa shape index (κ3) is 2.69. The molecule has 4 heteroatoms. The van der Waals surface area contributed by atoms with Gasteiger partial charge in [-0.2, -0.15) is 0 Å². The average molecular weight is 237 g/mol. The van der Waals surface area contributed by atoms with Crippen molar-refractivity contribution in [3.63, 3.8) is 0 Å². The van der Waals surface area contributed by atoms with Crippen LogP contribution in [0, 0.1) is 0 Å². The van der Waals surface area contributed by atoms with Crippen LogP contribution in [0.3, 0.4) is 0 Å². The molecule has 0 spiro atoms. The van der Waals surface area contributed by atoms with Crippen LogP contribution < -0.4 is 4.90 Å². The van der Waals surface area contributed by atoms with Crippen molar-refractivity contribution in [1.82, 2.24) is 4.90 Å². The predicted octanol–water partition coefficient (Wildman–Crippen LogP) is 0.419. The predicted molar refractivity (Wildman–Crippen MR) is 65.1 cm³/mol. The first-order chi connectivity index (χ1) is 8.22. The van der Waals surface area contributed by atoms with Crippen LogP contribution in [0.4, 0.5) is 0 Å². The molecule has 0 unspecified atom stereocenters. The molecule has 0 bridgehead atoms. The van der Waals surface area contributed by atoms with E-state index in [0.717, 1.165) is 26.2 Å². The number of nitrogens with one attached hydrogen (secondary N) is 1. The van der Waals surface area contributed by atoms with E-state index in [0.29, 0.717) is 11.8 Å². The van der Waals surface area contributed by atoms with Crippen molar-refractivity contribution < 1.29 is 14.1 Å². The van der Waals surface area contributed by atoms with E-state index in [1.165, 1.54) is 6.42 Å². The zero-order chi connectivity index (χ0) is 12.3. The van der Waals surface area contributed by atoms with Gasteiger partial charge in [0.2, 0.25) is 0 Å².